The number of rotatable bonds is 2. The first-order valence-electron chi connectivity index (χ1n) is 6.87. The molecule has 0 amide bonds. The molecule has 0 saturated heterocycles. The molecule has 0 bridgehead atoms. The van der Waals surface area contributed by atoms with Gasteiger partial charge in [0.15, 0.2) is 0 Å². The zero-order valence-corrected chi connectivity index (χ0v) is 12.9. The van der Waals surface area contributed by atoms with Crippen molar-refractivity contribution in [2.24, 2.45) is 5.92 Å². The first kappa shape index (κ1) is 16.9. The van der Waals surface area contributed by atoms with Crippen LogP contribution in [0, 0.1) is 5.92 Å². The molecular formula is C16H16ClF3O2. The van der Waals surface area contributed by atoms with Crippen LogP contribution in [0.1, 0.15) is 37.8 Å². The van der Waals surface area contributed by atoms with Gasteiger partial charge in [-0.05, 0) is 36.5 Å². The van der Waals surface area contributed by atoms with Gasteiger partial charge in [0.05, 0.1) is 10.6 Å². The molecule has 0 aromatic heterocycles. The lowest BCUT2D eigenvalue weighted by Crippen LogP contribution is -2.34. The first-order chi connectivity index (χ1) is 10.1. The van der Waals surface area contributed by atoms with Crippen LogP contribution in [-0.2, 0) is 16.4 Å². The van der Waals surface area contributed by atoms with Crippen molar-refractivity contribution in [3.05, 3.63) is 46.0 Å². The van der Waals surface area contributed by atoms with Gasteiger partial charge in [0, 0.05) is 11.0 Å². The second kappa shape index (κ2) is 5.61. The van der Waals surface area contributed by atoms with Crippen molar-refractivity contribution in [2.45, 2.75) is 38.3 Å². The minimum atomic E-state index is -4.57. The highest BCUT2D eigenvalue weighted by molar-refractivity contribution is 6.31. The molecule has 1 aliphatic carbocycles. The molecule has 0 fully saturated rings. The minimum absolute atomic E-state index is 0.140. The van der Waals surface area contributed by atoms with Gasteiger partial charge in [-0.3, -0.25) is 0 Å². The van der Waals surface area contributed by atoms with Crippen molar-refractivity contribution in [2.75, 3.05) is 0 Å². The van der Waals surface area contributed by atoms with E-state index in [0.29, 0.717) is 18.4 Å². The molecular weight excluding hydrogens is 317 g/mol. The molecule has 2 unspecified atom stereocenters. The van der Waals surface area contributed by atoms with E-state index in [1.807, 2.05) is 6.92 Å². The first-order valence-corrected chi connectivity index (χ1v) is 7.24. The Morgan fingerprint density at radius 3 is 2.59 bits per heavy atom. The smallest absolute Gasteiger partial charge is 0.417 e. The van der Waals surface area contributed by atoms with Crippen LogP contribution in [0.5, 0.6) is 0 Å². The number of hydrogen-bond donors (Lipinski definition) is 1. The quantitative estimate of drug-likeness (QED) is 0.822. The maximum Gasteiger partial charge on any atom is 0.417 e. The third-order valence-electron chi connectivity index (χ3n) is 4.21. The van der Waals surface area contributed by atoms with E-state index in [4.69, 9.17) is 11.6 Å². The number of carboxylic acid groups (broad SMARTS) is 1. The van der Waals surface area contributed by atoms with E-state index in [0.717, 1.165) is 6.07 Å². The zero-order valence-electron chi connectivity index (χ0n) is 12.2. The second-order valence-corrected chi connectivity index (χ2v) is 6.40. The predicted octanol–water partition coefficient (Wildman–Crippen LogP) is 5.06. The number of alkyl halides is 3. The fourth-order valence-electron chi connectivity index (χ4n) is 3.12. The van der Waals surface area contributed by atoms with Crippen molar-refractivity contribution in [3.8, 4) is 0 Å². The van der Waals surface area contributed by atoms with Gasteiger partial charge >= 0.3 is 12.1 Å². The van der Waals surface area contributed by atoms with Gasteiger partial charge in [-0.1, -0.05) is 37.6 Å². The largest absolute Gasteiger partial charge is 0.478 e. The SMILES string of the molecule is CC1CC=C(C(=O)O)C(C)(c2ccc(Cl)c(C(F)(F)F)c2)C1. The fraction of sp³-hybridized carbons (Fsp3) is 0.438. The standard InChI is InChI=1S/C16H16ClF3O2/c1-9-3-5-11(14(21)22)15(2,8-9)10-4-6-13(17)12(7-10)16(18,19)20/h4-7,9H,3,8H2,1-2H3,(H,21,22). The molecule has 0 saturated carbocycles. The van der Waals surface area contributed by atoms with Gasteiger partial charge in [0.2, 0.25) is 0 Å². The summed E-state index contributed by atoms with van der Waals surface area (Å²) in [4.78, 5) is 11.5. The van der Waals surface area contributed by atoms with Crippen LogP contribution in [0.15, 0.2) is 29.8 Å². The topological polar surface area (TPSA) is 37.3 Å². The van der Waals surface area contributed by atoms with Crippen LogP contribution in [0.4, 0.5) is 13.2 Å². The summed E-state index contributed by atoms with van der Waals surface area (Å²) < 4.78 is 39.1. The number of benzene rings is 1. The number of aliphatic carboxylic acids is 1. The van der Waals surface area contributed by atoms with E-state index in [2.05, 4.69) is 0 Å². The Bertz CT molecular complexity index is 637. The van der Waals surface area contributed by atoms with E-state index in [-0.39, 0.29) is 16.5 Å². The van der Waals surface area contributed by atoms with Gasteiger partial charge in [-0.25, -0.2) is 4.79 Å². The van der Waals surface area contributed by atoms with Gasteiger partial charge in [-0.2, -0.15) is 13.2 Å². The van der Waals surface area contributed by atoms with Gasteiger partial charge in [-0.15, -0.1) is 0 Å². The molecule has 2 rings (SSSR count). The Morgan fingerprint density at radius 1 is 1.41 bits per heavy atom. The summed E-state index contributed by atoms with van der Waals surface area (Å²) in [6.07, 6.45) is -1.88. The van der Waals surface area contributed by atoms with Gasteiger partial charge < -0.3 is 5.11 Å². The Labute approximate surface area is 131 Å². The normalized spacial score (nSPS) is 25.7. The molecule has 2 atom stereocenters. The van der Waals surface area contributed by atoms with E-state index in [1.54, 1.807) is 13.0 Å². The van der Waals surface area contributed by atoms with Gasteiger partial charge in [0.1, 0.15) is 0 Å². The molecule has 0 aliphatic heterocycles. The van der Waals surface area contributed by atoms with E-state index >= 15 is 0 Å². The van der Waals surface area contributed by atoms with Crippen molar-refractivity contribution in [3.63, 3.8) is 0 Å². The van der Waals surface area contributed by atoms with Crippen molar-refractivity contribution in [1.82, 2.24) is 0 Å². The van der Waals surface area contributed by atoms with E-state index in [1.165, 1.54) is 12.1 Å². The minimum Gasteiger partial charge on any atom is -0.478 e. The van der Waals surface area contributed by atoms with Crippen LogP contribution in [0.25, 0.3) is 0 Å². The highest BCUT2D eigenvalue weighted by Crippen LogP contribution is 2.45. The maximum atomic E-state index is 13.0. The van der Waals surface area contributed by atoms with Crippen LogP contribution < -0.4 is 0 Å². The van der Waals surface area contributed by atoms with Crippen LogP contribution in [0.2, 0.25) is 5.02 Å². The monoisotopic (exact) mass is 332 g/mol. The van der Waals surface area contributed by atoms with Crippen molar-refractivity contribution in [1.29, 1.82) is 0 Å². The van der Waals surface area contributed by atoms with Crippen LogP contribution in [0.3, 0.4) is 0 Å². The molecule has 1 aromatic carbocycles. The molecule has 0 spiro atoms. The molecule has 22 heavy (non-hydrogen) atoms. The summed E-state index contributed by atoms with van der Waals surface area (Å²) >= 11 is 5.64. The van der Waals surface area contributed by atoms with Crippen LogP contribution in [-0.4, -0.2) is 11.1 Å². The summed E-state index contributed by atoms with van der Waals surface area (Å²) in [7, 11) is 0. The third-order valence-corrected chi connectivity index (χ3v) is 4.54. The van der Waals surface area contributed by atoms with E-state index < -0.39 is 23.1 Å². The van der Waals surface area contributed by atoms with Crippen molar-refractivity contribution >= 4 is 17.6 Å². The molecule has 1 N–H and O–H groups in total. The van der Waals surface area contributed by atoms with Crippen LogP contribution >= 0.6 is 11.6 Å². The summed E-state index contributed by atoms with van der Waals surface area (Å²) in [5.41, 5.74) is -1.44. The number of carbonyl (C=O) groups is 1. The van der Waals surface area contributed by atoms with Gasteiger partial charge in [0.25, 0.3) is 0 Å². The average Bonchev–Trinajstić information content (AvgIpc) is 2.36. The molecule has 6 heteroatoms. The molecule has 0 radical (unpaired) electrons. The Kier molecular flexibility index (Phi) is 4.30. The number of carboxylic acids is 1. The predicted molar refractivity (Wildman–Crippen MR) is 77.9 cm³/mol. The summed E-state index contributed by atoms with van der Waals surface area (Å²) in [6.45, 7) is 3.62. The highest BCUT2D eigenvalue weighted by Gasteiger charge is 2.41. The Balaban J connectivity index is 2.60. The lowest BCUT2D eigenvalue weighted by atomic mass is 9.66. The summed E-state index contributed by atoms with van der Waals surface area (Å²) in [6, 6.07) is 3.63. The summed E-state index contributed by atoms with van der Waals surface area (Å²) in [5, 5.41) is 9.00. The molecule has 120 valence electrons. The maximum absolute atomic E-state index is 13.0. The number of hydrogen-bond acceptors (Lipinski definition) is 1. The lowest BCUT2D eigenvalue weighted by molar-refractivity contribution is -0.137. The zero-order chi connectivity index (χ0) is 16.7. The average molecular weight is 333 g/mol. The number of halogens is 4. The molecule has 2 nitrogen and oxygen atoms in total. The van der Waals surface area contributed by atoms with Crippen molar-refractivity contribution < 1.29 is 23.1 Å². The van der Waals surface area contributed by atoms with E-state index in [9.17, 15) is 23.1 Å². The summed E-state index contributed by atoms with van der Waals surface area (Å²) in [5.74, 6) is -0.906. The molecule has 1 aromatic rings. The molecule has 1 aliphatic rings. The highest BCUT2D eigenvalue weighted by atomic mass is 35.5. The third kappa shape index (κ3) is 3.00. The molecule has 0 heterocycles. The lowest BCUT2D eigenvalue weighted by Gasteiger charge is -2.37. The number of allylic oxidation sites excluding steroid dienone is 1. The Morgan fingerprint density at radius 2 is 2.05 bits per heavy atom. The Hall–Kier alpha value is -1.49. The fourth-order valence-corrected chi connectivity index (χ4v) is 3.34. The second-order valence-electron chi connectivity index (χ2n) is 5.99.